The molecular weight excluding hydrogens is 271 g/mol. The van der Waals surface area contributed by atoms with Gasteiger partial charge in [-0.1, -0.05) is 36.9 Å². The molecule has 0 saturated heterocycles. The summed E-state index contributed by atoms with van der Waals surface area (Å²) in [5.41, 5.74) is 5.35. The summed E-state index contributed by atoms with van der Waals surface area (Å²) in [7, 11) is 0. The van der Waals surface area contributed by atoms with E-state index >= 15 is 0 Å². The fourth-order valence-corrected chi connectivity index (χ4v) is 1.18. The van der Waals surface area contributed by atoms with Crippen molar-refractivity contribution in [1.82, 2.24) is 0 Å². The molecule has 0 aromatic heterocycles. The molecule has 0 heterocycles. The Morgan fingerprint density at radius 1 is 1.46 bits per heavy atom. The van der Waals surface area contributed by atoms with E-state index in [1.165, 1.54) is 11.1 Å². The molecule has 0 radical (unpaired) electrons. The molecule has 13 heavy (non-hydrogen) atoms. The van der Waals surface area contributed by atoms with E-state index in [4.69, 9.17) is 0 Å². The number of benzene rings is 1. The Morgan fingerprint density at radius 2 is 2.15 bits per heavy atom. The van der Waals surface area contributed by atoms with Gasteiger partial charge in [0.2, 0.25) is 0 Å². The third-order valence-electron chi connectivity index (χ3n) is 1.77. The Bertz CT molecular complexity index is 368. The second kappa shape index (κ2) is 5.05. The molecule has 0 aliphatic heterocycles. The first-order valence-corrected chi connectivity index (χ1v) is 5.11. The normalized spacial score (nSPS) is 10.0. The topological polar surface area (TPSA) is 0 Å². The van der Waals surface area contributed by atoms with Gasteiger partial charge in [-0.2, -0.15) is 0 Å². The van der Waals surface area contributed by atoms with Crippen molar-refractivity contribution in [2.24, 2.45) is 0 Å². The minimum absolute atomic E-state index is 1.03. The van der Waals surface area contributed by atoms with Gasteiger partial charge in [0.05, 0.1) is 3.58 Å². The zero-order valence-corrected chi connectivity index (χ0v) is 9.71. The molecule has 1 aromatic rings. The third kappa shape index (κ3) is 3.21. The van der Waals surface area contributed by atoms with Crippen molar-refractivity contribution in [3.63, 3.8) is 0 Å². The van der Waals surface area contributed by atoms with Gasteiger partial charge in [-0.3, -0.25) is 0 Å². The van der Waals surface area contributed by atoms with Gasteiger partial charge in [0.1, 0.15) is 0 Å². The molecule has 0 saturated carbocycles. The van der Waals surface area contributed by atoms with Gasteiger partial charge in [0.15, 0.2) is 0 Å². The van der Waals surface area contributed by atoms with E-state index in [0.29, 0.717) is 0 Å². The van der Waals surface area contributed by atoms with Crippen molar-refractivity contribution in [3.8, 4) is 0 Å². The maximum atomic E-state index is 3.57. The molecule has 0 spiro atoms. The minimum Gasteiger partial charge on any atom is -0.114 e. The van der Waals surface area contributed by atoms with Gasteiger partial charge in [0, 0.05) is 0 Å². The molecule has 0 aliphatic carbocycles. The van der Waals surface area contributed by atoms with Crippen LogP contribution in [0.15, 0.2) is 46.2 Å². The average Bonchev–Trinajstić information content (AvgIpc) is 2.16. The van der Waals surface area contributed by atoms with E-state index in [1.807, 2.05) is 18.2 Å². The first-order chi connectivity index (χ1) is 6.24. The van der Waals surface area contributed by atoms with Gasteiger partial charge in [-0.05, 0) is 46.7 Å². The Hall–Kier alpha value is -0.790. The number of halogens is 1. The van der Waals surface area contributed by atoms with Gasteiger partial charge < -0.3 is 0 Å². The molecule has 0 N–H and O–H groups in total. The van der Waals surface area contributed by atoms with Crippen LogP contribution in [0.2, 0.25) is 0 Å². The van der Waals surface area contributed by atoms with Crippen molar-refractivity contribution in [1.29, 1.82) is 0 Å². The van der Waals surface area contributed by atoms with E-state index in [-0.39, 0.29) is 0 Å². The second-order valence-electron chi connectivity index (χ2n) is 2.71. The van der Waals surface area contributed by atoms with Crippen LogP contribution in [0.4, 0.5) is 0 Å². The summed E-state index contributed by atoms with van der Waals surface area (Å²) in [6, 6.07) is 8.28. The zero-order valence-electron chi connectivity index (χ0n) is 7.55. The summed E-state index contributed by atoms with van der Waals surface area (Å²) < 4.78 is 1.03. The molecular formula is C12H11I. The van der Waals surface area contributed by atoms with Crippen LogP contribution in [-0.2, 0) is 0 Å². The molecule has 0 amide bonds. The molecule has 66 valence electrons. The molecule has 0 aliphatic rings. The van der Waals surface area contributed by atoms with Gasteiger partial charge >= 0.3 is 0 Å². The summed E-state index contributed by atoms with van der Waals surface area (Å²) in [4.78, 5) is 0. The van der Waals surface area contributed by atoms with Crippen molar-refractivity contribution in [2.45, 2.75) is 6.92 Å². The fraction of sp³-hybridized carbons (Fsp3) is 0.0833. The van der Waals surface area contributed by atoms with Crippen LogP contribution in [0, 0.1) is 6.92 Å². The largest absolute Gasteiger partial charge is 0.114 e. The number of hydrogen-bond donors (Lipinski definition) is 0. The Kier molecular flexibility index (Phi) is 4.00. The summed E-state index contributed by atoms with van der Waals surface area (Å²) in [5.74, 6) is 0. The smallest absolute Gasteiger partial charge is 0.0542 e. The van der Waals surface area contributed by atoms with Crippen LogP contribution in [0.3, 0.4) is 0 Å². The lowest BCUT2D eigenvalue weighted by Gasteiger charge is -1.97. The minimum atomic E-state index is 1.03. The fourth-order valence-electron chi connectivity index (χ4n) is 0.996. The van der Waals surface area contributed by atoms with Crippen molar-refractivity contribution in [2.75, 3.05) is 0 Å². The predicted molar refractivity (Wildman–Crippen MR) is 66.9 cm³/mol. The third-order valence-corrected chi connectivity index (χ3v) is 2.51. The molecule has 0 nitrogen and oxygen atoms in total. The number of allylic oxidation sites excluding steroid dienone is 2. The second-order valence-corrected chi connectivity index (χ2v) is 3.88. The van der Waals surface area contributed by atoms with Crippen LogP contribution in [0.5, 0.6) is 0 Å². The summed E-state index contributed by atoms with van der Waals surface area (Å²) in [6.07, 6.45) is 4.09. The van der Waals surface area contributed by atoms with Crippen LogP contribution >= 0.6 is 22.6 Å². The summed E-state index contributed by atoms with van der Waals surface area (Å²) in [5, 5.41) is 0. The van der Waals surface area contributed by atoms with E-state index in [2.05, 4.69) is 60.0 Å². The lowest BCUT2D eigenvalue weighted by Crippen LogP contribution is -1.77. The van der Waals surface area contributed by atoms with Crippen LogP contribution in [-0.4, -0.2) is 0 Å². The Labute approximate surface area is 92.8 Å². The molecule has 0 bridgehead atoms. The highest BCUT2D eigenvalue weighted by molar-refractivity contribution is 14.1. The molecule has 1 heteroatoms. The predicted octanol–water partition coefficient (Wildman–Crippen LogP) is 4.11. The maximum Gasteiger partial charge on any atom is 0.0542 e. The highest BCUT2D eigenvalue weighted by Gasteiger charge is 1.90. The standard InChI is InChI=1S/C12H11I/c1-3-12(13)9-8-11-7-5-4-6-10(11)2/h4-9H,1H2,2H3/b9-8-. The summed E-state index contributed by atoms with van der Waals surface area (Å²) in [6.45, 7) is 5.68. The van der Waals surface area contributed by atoms with E-state index in [9.17, 15) is 0 Å². The van der Waals surface area contributed by atoms with Crippen molar-refractivity contribution in [3.05, 3.63) is 57.4 Å². The van der Waals surface area contributed by atoms with Crippen molar-refractivity contribution < 1.29 is 0 Å². The first-order valence-electron chi connectivity index (χ1n) is 4.03. The highest BCUT2D eigenvalue weighted by atomic mass is 127. The molecule has 0 atom stereocenters. The van der Waals surface area contributed by atoms with Crippen molar-refractivity contribution >= 4 is 28.7 Å². The van der Waals surface area contributed by atoms with Crippen LogP contribution < -0.4 is 0 Å². The molecule has 0 unspecified atom stereocenters. The average molecular weight is 282 g/mol. The molecule has 0 fully saturated rings. The van der Waals surface area contributed by atoms with E-state index < -0.39 is 0 Å². The maximum absolute atomic E-state index is 3.57. The lowest BCUT2D eigenvalue weighted by molar-refractivity contribution is 1.44. The highest BCUT2D eigenvalue weighted by Crippen LogP contribution is 2.12. The summed E-state index contributed by atoms with van der Waals surface area (Å²) >= 11 is 2.20. The molecule has 1 rings (SSSR count). The first kappa shape index (κ1) is 10.3. The van der Waals surface area contributed by atoms with E-state index in [0.717, 1.165) is 3.58 Å². The van der Waals surface area contributed by atoms with Gasteiger partial charge in [-0.15, -0.1) is 5.73 Å². The molecule has 1 aromatic carbocycles. The van der Waals surface area contributed by atoms with Gasteiger partial charge in [0.25, 0.3) is 0 Å². The number of aryl methyl sites for hydroxylation is 1. The quantitative estimate of drug-likeness (QED) is 0.435. The van der Waals surface area contributed by atoms with Crippen LogP contribution in [0.1, 0.15) is 11.1 Å². The number of hydrogen-bond acceptors (Lipinski definition) is 0. The Balaban J connectivity index is 2.92. The SMILES string of the molecule is C=C=C(I)/C=C\c1ccccc1C. The zero-order chi connectivity index (χ0) is 9.68. The monoisotopic (exact) mass is 282 g/mol. The van der Waals surface area contributed by atoms with E-state index in [1.54, 1.807) is 0 Å². The van der Waals surface area contributed by atoms with Gasteiger partial charge in [-0.25, -0.2) is 0 Å². The van der Waals surface area contributed by atoms with Crippen LogP contribution in [0.25, 0.3) is 6.08 Å². The number of rotatable bonds is 2. The lowest BCUT2D eigenvalue weighted by atomic mass is 10.1. The Morgan fingerprint density at radius 3 is 2.77 bits per heavy atom.